The van der Waals surface area contributed by atoms with Gasteiger partial charge in [0.25, 0.3) is 0 Å². The van der Waals surface area contributed by atoms with Gasteiger partial charge < -0.3 is 5.32 Å². The highest BCUT2D eigenvalue weighted by atomic mass is 19.4. The van der Waals surface area contributed by atoms with Gasteiger partial charge in [-0.25, -0.2) is 0 Å². The van der Waals surface area contributed by atoms with Gasteiger partial charge in [-0.3, -0.25) is 10.4 Å². The molecule has 0 saturated carbocycles. The Balaban J connectivity index is 1.76. The number of nitrogens with zero attached hydrogens (tertiary/aromatic N) is 2. The van der Waals surface area contributed by atoms with Crippen LogP contribution in [-0.4, -0.2) is 30.3 Å². The number of anilines is 1. The summed E-state index contributed by atoms with van der Waals surface area (Å²) >= 11 is 0. The Hall–Kier alpha value is -2.05. The van der Waals surface area contributed by atoms with Crippen molar-refractivity contribution < 1.29 is 13.2 Å². The first kappa shape index (κ1) is 16.8. The highest BCUT2D eigenvalue weighted by Gasteiger charge is 2.46. The molecule has 2 unspecified atom stereocenters. The summed E-state index contributed by atoms with van der Waals surface area (Å²) in [4.78, 5) is 0. The van der Waals surface area contributed by atoms with Crippen molar-refractivity contribution >= 4 is 17.2 Å². The van der Waals surface area contributed by atoms with E-state index in [4.69, 9.17) is 5.41 Å². The quantitative estimate of drug-likeness (QED) is 0.877. The summed E-state index contributed by atoms with van der Waals surface area (Å²) in [5, 5.41) is 16.2. The molecule has 0 aliphatic carbocycles. The van der Waals surface area contributed by atoms with Gasteiger partial charge >= 0.3 is 6.18 Å². The highest BCUT2D eigenvalue weighted by molar-refractivity contribution is 5.95. The Morgan fingerprint density at radius 3 is 2.67 bits per heavy atom. The fourth-order valence-corrected chi connectivity index (χ4v) is 3.39. The van der Waals surface area contributed by atoms with Crippen molar-refractivity contribution in [3.63, 3.8) is 0 Å². The van der Waals surface area contributed by atoms with Crippen LogP contribution in [0.4, 0.5) is 18.9 Å². The molecule has 2 heterocycles. The maximum atomic E-state index is 13.4. The molecule has 7 heteroatoms. The normalized spacial score (nSPS) is 25.2. The largest absolute Gasteiger partial charge is 0.431 e. The summed E-state index contributed by atoms with van der Waals surface area (Å²) in [7, 11) is 0. The Labute approximate surface area is 139 Å². The second kappa shape index (κ2) is 6.83. The Bertz CT molecular complexity index is 612. The Morgan fingerprint density at radius 2 is 1.96 bits per heavy atom. The van der Waals surface area contributed by atoms with Crippen molar-refractivity contribution in [2.45, 2.75) is 44.3 Å². The number of alkyl halides is 3. The standard InChI is InChI=1S/C17H21F3N4/c18-17(19,20)16-12(10-13-6-4-5-9-15(21)22-13)11-24(23-16)14-7-2-1-3-8-14/h1-3,7-8,12-13H,4-6,9-11H2,(H2,21,22). The van der Waals surface area contributed by atoms with Gasteiger partial charge in [0, 0.05) is 18.4 Å². The fraction of sp³-hybridized carbons (Fsp3) is 0.529. The first-order valence-electron chi connectivity index (χ1n) is 8.25. The van der Waals surface area contributed by atoms with E-state index in [2.05, 4.69) is 10.4 Å². The average molecular weight is 338 g/mol. The predicted octanol–water partition coefficient (Wildman–Crippen LogP) is 3.94. The third-order valence-electron chi connectivity index (χ3n) is 4.53. The lowest BCUT2D eigenvalue weighted by atomic mass is 9.93. The van der Waals surface area contributed by atoms with Crippen molar-refractivity contribution in [3.8, 4) is 0 Å². The molecule has 130 valence electrons. The zero-order valence-electron chi connectivity index (χ0n) is 13.3. The molecule has 3 rings (SSSR count). The van der Waals surface area contributed by atoms with Gasteiger partial charge in [0.1, 0.15) is 5.71 Å². The molecule has 2 atom stereocenters. The van der Waals surface area contributed by atoms with Gasteiger partial charge in [-0.1, -0.05) is 24.6 Å². The molecule has 24 heavy (non-hydrogen) atoms. The van der Waals surface area contributed by atoms with E-state index in [0.717, 1.165) is 19.3 Å². The lowest BCUT2D eigenvalue weighted by Gasteiger charge is -2.23. The van der Waals surface area contributed by atoms with Crippen molar-refractivity contribution in [1.29, 1.82) is 5.41 Å². The number of para-hydroxylation sites is 1. The molecule has 2 aliphatic heterocycles. The molecule has 1 aromatic carbocycles. The van der Waals surface area contributed by atoms with E-state index in [1.807, 2.05) is 6.07 Å². The van der Waals surface area contributed by atoms with Crippen LogP contribution in [0.1, 0.15) is 32.1 Å². The number of hydrogen-bond donors (Lipinski definition) is 2. The van der Waals surface area contributed by atoms with Crippen LogP contribution < -0.4 is 10.3 Å². The van der Waals surface area contributed by atoms with Crippen molar-refractivity contribution in [3.05, 3.63) is 30.3 Å². The number of hydrogen-bond acceptors (Lipinski definition) is 3. The summed E-state index contributed by atoms with van der Waals surface area (Å²) in [5.74, 6) is -0.241. The number of halogens is 3. The second-order valence-corrected chi connectivity index (χ2v) is 6.40. The molecule has 0 aromatic heterocycles. The minimum Gasteiger partial charge on any atom is -0.371 e. The summed E-state index contributed by atoms with van der Waals surface area (Å²) in [6, 6.07) is 8.85. The summed E-state index contributed by atoms with van der Waals surface area (Å²) in [6.07, 6.45) is -0.736. The van der Waals surface area contributed by atoms with Crippen molar-refractivity contribution in [2.24, 2.45) is 11.0 Å². The maximum Gasteiger partial charge on any atom is 0.431 e. The number of nitrogens with one attached hydrogen (secondary N) is 2. The first-order chi connectivity index (χ1) is 11.4. The van der Waals surface area contributed by atoms with Gasteiger partial charge in [-0.05, 0) is 31.4 Å². The highest BCUT2D eigenvalue weighted by Crippen LogP contribution is 2.33. The molecule has 2 aliphatic rings. The van der Waals surface area contributed by atoms with Crippen LogP contribution in [0.15, 0.2) is 35.4 Å². The van der Waals surface area contributed by atoms with Gasteiger partial charge in [-0.2, -0.15) is 18.3 Å². The van der Waals surface area contributed by atoms with Gasteiger partial charge in [0.2, 0.25) is 0 Å². The SMILES string of the molecule is N=C1CCCCC(CC2CN(c3ccccc3)N=C2C(F)(F)F)N1. The molecule has 0 radical (unpaired) electrons. The minimum atomic E-state index is -4.42. The van der Waals surface area contributed by atoms with E-state index >= 15 is 0 Å². The maximum absolute atomic E-state index is 13.4. The Kier molecular flexibility index (Phi) is 4.78. The number of amidine groups is 1. The van der Waals surface area contributed by atoms with Crippen molar-refractivity contribution in [1.82, 2.24) is 5.32 Å². The smallest absolute Gasteiger partial charge is 0.371 e. The lowest BCUT2D eigenvalue weighted by Crippen LogP contribution is -2.38. The van der Waals surface area contributed by atoms with E-state index in [0.29, 0.717) is 24.4 Å². The van der Waals surface area contributed by atoms with E-state index in [-0.39, 0.29) is 12.6 Å². The zero-order valence-corrected chi connectivity index (χ0v) is 13.3. The molecule has 0 spiro atoms. The van der Waals surface area contributed by atoms with Crippen LogP contribution in [0.3, 0.4) is 0 Å². The molecule has 1 aromatic rings. The predicted molar refractivity (Wildman–Crippen MR) is 88.5 cm³/mol. The van der Waals surface area contributed by atoms with E-state index in [1.165, 1.54) is 5.01 Å². The molecular weight excluding hydrogens is 317 g/mol. The number of benzene rings is 1. The van der Waals surface area contributed by atoms with E-state index in [1.54, 1.807) is 24.3 Å². The van der Waals surface area contributed by atoms with Gasteiger partial charge in [0.05, 0.1) is 18.1 Å². The molecule has 2 N–H and O–H groups in total. The van der Waals surface area contributed by atoms with Crippen LogP contribution in [0, 0.1) is 11.3 Å². The number of rotatable bonds is 3. The lowest BCUT2D eigenvalue weighted by molar-refractivity contribution is -0.0622. The average Bonchev–Trinajstić information content (AvgIpc) is 2.85. The fourth-order valence-electron chi connectivity index (χ4n) is 3.39. The monoisotopic (exact) mass is 338 g/mol. The summed E-state index contributed by atoms with van der Waals surface area (Å²) in [6.45, 7) is 0.227. The summed E-state index contributed by atoms with van der Waals surface area (Å²) < 4.78 is 40.2. The molecular formula is C17H21F3N4. The molecule has 0 amide bonds. The Morgan fingerprint density at radius 1 is 1.21 bits per heavy atom. The van der Waals surface area contributed by atoms with Crippen LogP contribution in [-0.2, 0) is 0 Å². The van der Waals surface area contributed by atoms with Crippen LogP contribution in [0.25, 0.3) is 0 Å². The molecule has 4 nitrogen and oxygen atoms in total. The second-order valence-electron chi connectivity index (χ2n) is 6.40. The molecule has 1 saturated heterocycles. The van der Waals surface area contributed by atoms with Crippen LogP contribution >= 0.6 is 0 Å². The molecule has 0 bridgehead atoms. The third-order valence-corrected chi connectivity index (χ3v) is 4.53. The third kappa shape index (κ3) is 3.88. The first-order valence-corrected chi connectivity index (χ1v) is 8.25. The van der Waals surface area contributed by atoms with Gasteiger partial charge in [-0.15, -0.1) is 0 Å². The van der Waals surface area contributed by atoms with E-state index in [9.17, 15) is 13.2 Å². The minimum absolute atomic E-state index is 0.0896. The van der Waals surface area contributed by atoms with Crippen molar-refractivity contribution in [2.75, 3.05) is 11.6 Å². The van der Waals surface area contributed by atoms with Gasteiger partial charge in [0.15, 0.2) is 0 Å². The van der Waals surface area contributed by atoms with E-state index < -0.39 is 17.8 Å². The number of hydrazone groups is 1. The summed E-state index contributed by atoms with van der Waals surface area (Å²) in [5.41, 5.74) is -0.0350. The van der Waals surface area contributed by atoms with Crippen LogP contribution in [0.5, 0.6) is 0 Å². The topological polar surface area (TPSA) is 51.5 Å². The molecule has 1 fully saturated rings. The zero-order chi connectivity index (χ0) is 17.2. The van der Waals surface area contributed by atoms with Crippen LogP contribution in [0.2, 0.25) is 0 Å².